The predicted molar refractivity (Wildman–Crippen MR) is 173 cm³/mol. The molecule has 0 radical (unpaired) electrons. The molecule has 230 valence electrons. The summed E-state index contributed by atoms with van der Waals surface area (Å²) in [4.78, 5) is 58.2. The fraction of sp³-hybridized carbons (Fsp3) is 0.250. The zero-order chi connectivity index (χ0) is 30.7. The first-order chi connectivity index (χ1) is 20.7. The van der Waals surface area contributed by atoms with Gasteiger partial charge in [0.1, 0.15) is 0 Å². The van der Waals surface area contributed by atoms with Gasteiger partial charge in [-0.3, -0.25) is 19.3 Å². The molecule has 44 heavy (non-hydrogen) atoms. The van der Waals surface area contributed by atoms with Crippen molar-refractivity contribution >= 4 is 64.4 Å². The van der Waals surface area contributed by atoms with Crippen LogP contribution in [0, 0.1) is 0 Å². The standard InChI is InChI=1S/C32H34N6O5.ClH/c1-35-14-16-37(17-15-35)20-28(40)36(2)24-11-9-23(10-12-24)34-30(21-6-4-3-5-7-21)29-25-13-8-22(32(42)43)18-26(25)38(31(29)41)27(39)19-33;/h3-13,18,34H,14-17,19-20,33H2,1-2H3,(H,42,43);1H. The van der Waals surface area contributed by atoms with E-state index in [0.717, 1.165) is 36.8 Å². The normalized spacial score (nSPS) is 16.2. The monoisotopic (exact) mass is 618 g/mol. The van der Waals surface area contributed by atoms with Crippen molar-refractivity contribution in [3.8, 4) is 0 Å². The third-order valence-electron chi connectivity index (χ3n) is 7.76. The van der Waals surface area contributed by atoms with Gasteiger partial charge in [-0.15, -0.1) is 12.4 Å². The number of anilines is 3. The van der Waals surface area contributed by atoms with Gasteiger partial charge in [-0.1, -0.05) is 36.4 Å². The average Bonchev–Trinajstić information content (AvgIpc) is 3.31. The number of hydrogen-bond acceptors (Lipinski definition) is 8. The molecular weight excluding hydrogens is 584 g/mol. The lowest BCUT2D eigenvalue weighted by Crippen LogP contribution is -2.48. The highest BCUT2D eigenvalue weighted by atomic mass is 35.5. The van der Waals surface area contributed by atoms with Crippen molar-refractivity contribution in [3.05, 3.63) is 89.5 Å². The van der Waals surface area contributed by atoms with E-state index in [0.29, 0.717) is 29.1 Å². The predicted octanol–water partition coefficient (Wildman–Crippen LogP) is 2.83. The number of imide groups is 1. The Balaban J connectivity index is 0.00000442. The molecule has 0 aromatic heterocycles. The topological polar surface area (TPSA) is 140 Å². The number of carbonyl (C=O) groups excluding carboxylic acids is 3. The summed E-state index contributed by atoms with van der Waals surface area (Å²) in [6, 6.07) is 20.7. The van der Waals surface area contributed by atoms with Crippen LogP contribution in [-0.2, 0) is 14.4 Å². The molecule has 2 heterocycles. The average molecular weight is 619 g/mol. The molecule has 5 rings (SSSR count). The summed E-state index contributed by atoms with van der Waals surface area (Å²) in [7, 11) is 3.83. The number of carboxylic acid groups (broad SMARTS) is 1. The minimum atomic E-state index is -1.18. The van der Waals surface area contributed by atoms with Crippen molar-refractivity contribution in [2.45, 2.75) is 0 Å². The van der Waals surface area contributed by atoms with Gasteiger partial charge in [-0.05, 0) is 49.0 Å². The lowest BCUT2D eigenvalue weighted by atomic mass is 9.99. The maximum absolute atomic E-state index is 13.8. The first kappa shape index (κ1) is 32.4. The van der Waals surface area contributed by atoms with Gasteiger partial charge >= 0.3 is 5.97 Å². The number of fused-ring (bicyclic) bond motifs is 1. The second kappa shape index (κ2) is 13.8. The molecule has 3 amide bonds. The van der Waals surface area contributed by atoms with Crippen LogP contribution >= 0.6 is 12.4 Å². The van der Waals surface area contributed by atoms with Crippen molar-refractivity contribution in [2.75, 3.05) is 68.5 Å². The van der Waals surface area contributed by atoms with Crippen LogP contribution in [0.15, 0.2) is 72.8 Å². The molecule has 11 nitrogen and oxygen atoms in total. The number of halogens is 1. The van der Waals surface area contributed by atoms with Crippen LogP contribution in [0.25, 0.3) is 11.3 Å². The third-order valence-corrected chi connectivity index (χ3v) is 7.76. The zero-order valence-electron chi connectivity index (χ0n) is 24.5. The molecule has 0 unspecified atom stereocenters. The van der Waals surface area contributed by atoms with Crippen LogP contribution in [0.1, 0.15) is 21.5 Å². The van der Waals surface area contributed by atoms with E-state index in [9.17, 15) is 24.3 Å². The molecule has 0 atom stereocenters. The minimum absolute atomic E-state index is 0. The van der Waals surface area contributed by atoms with Crippen molar-refractivity contribution in [1.29, 1.82) is 0 Å². The molecule has 0 bridgehead atoms. The Labute approximate surface area is 261 Å². The molecule has 3 aromatic rings. The van der Waals surface area contributed by atoms with E-state index < -0.39 is 24.3 Å². The van der Waals surface area contributed by atoms with Gasteiger partial charge in [0, 0.05) is 50.2 Å². The number of aromatic carboxylic acids is 1. The van der Waals surface area contributed by atoms with E-state index in [1.807, 2.05) is 54.6 Å². The summed E-state index contributed by atoms with van der Waals surface area (Å²) >= 11 is 0. The lowest BCUT2D eigenvalue weighted by molar-refractivity contribution is -0.123. The van der Waals surface area contributed by atoms with Crippen LogP contribution < -0.4 is 20.9 Å². The van der Waals surface area contributed by atoms with Crippen LogP contribution in [0.4, 0.5) is 17.1 Å². The number of carbonyl (C=O) groups is 4. The summed E-state index contributed by atoms with van der Waals surface area (Å²) in [6.07, 6.45) is 0. The number of likely N-dealkylation sites (N-methyl/N-ethyl adjacent to an activating group) is 2. The summed E-state index contributed by atoms with van der Waals surface area (Å²) in [5.41, 5.74) is 8.85. The number of piperazine rings is 1. The minimum Gasteiger partial charge on any atom is -0.478 e. The first-order valence-electron chi connectivity index (χ1n) is 14.0. The summed E-state index contributed by atoms with van der Waals surface area (Å²) in [5.74, 6) is -2.44. The molecule has 2 aliphatic heterocycles. The largest absolute Gasteiger partial charge is 0.478 e. The summed E-state index contributed by atoms with van der Waals surface area (Å²) < 4.78 is 0. The number of hydrogen-bond donors (Lipinski definition) is 3. The second-order valence-corrected chi connectivity index (χ2v) is 10.6. The van der Waals surface area contributed by atoms with E-state index >= 15 is 0 Å². The van der Waals surface area contributed by atoms with Crippen LogP contribution in [-0.4, -0.2) is 92.0 Å². The van der Waals surface area contributed by atoms with Gasteiger partial charge < -0.3 is 26.0 Å². The second-order valence-electron chi connectivity index (χ2n) is 10.6. The van der Waals surface area contributed by atoms with Gasteiger partial charge in [0.25, 0.3) is 5.91 Å². The Kier molecular flexibility index (Phi) is 10.2. The van der Waals surface area contributed by atoms with Crippen LogP contribution in [0.5, 0.6) is 0 Å². The van der Waals surface area contributed by atoms with E-state index in [4.69, 9.17) is 5.73 Å². The third kappa shape index (κ3) is 6.66. The quantitative estimate of drug-likeness (QED) is 0.325. The molecule has 2 aliphatic rings. The maximum atomic E-state index is 13.8. The highest BCUT2D eigenvalue weighted by Crippen LogP contribution is 2.42. The van der Waals surface area contributed by atoms with Crippen LogP contribution in [0.3, 0.4) is 0 Å². The molecule has 0 saturated carbocycles. The fourth-order valence-electron chi connectivity index (χ4n) is 5.22. The number of rotatable bonds is 8. The zero-order valence-corrected chi connectivity index (χ0v) is 25.3. The molecule has 1 saturated heterocycles. The van der Waals surface area contributed by atoms with E-state index in [-0.39, 0.29) is 35.1 Å². The number of amides is 3. The van der Waals surface area contributed by atoms with Crippen LogP contribution in [0.2, 0.25) is 0 Å². The van der Waals surface area contributed by atoms with Gasteiger partial charge in [-0.2, -0.15) is 0 Å². The van der Waals surface area contributed by atoms with Gasteiger partial charge in [0.15, 0.2) is 0 Å². The summed E-state index contributed by atoms with van der Waals surface area (Å²) in [5, 5.41) is 12.9. The van der Waals surface area contributed by atoms with Crippen molar-refractivity contribution in [1.82, 2.24) is 9.80 Å². The molecular formula is C32H35ClN6O5. The number of benzene rings is 3. The Morgan fingerprint density at radius 1 is 0.932 bits per heavy atom. The van der Waals surface area contributed by atoms with E-state index in [1.165, 1.54) is 18.2 Å². The smallest absolute Gasteiger partial charge is 0.335 e. The Bertz CT molecular complexity index is 1590. The first-order valence-corrected chi connectivity index (χ1v) is 14.0. The fourth-order valence-corrected chi connectivity index (χ4v) is 5.22. The molecule has 1 fully saturated rings. The number of nitrogens with zero attached hydrogens (tertiary/aromatic N) is 4. The molecule has 0 aliphatic carbocycles. The van der Waals surface area contributed by atoms with Gasteiger partial charge in [0.2, 0.25) is 11.8 Å². The molecule has 0 spiro atoms. The Morgan fingerprint density at radius 3 is 2.20 bits per heavy atom. The van der Waals surface area contributed by atoms with Gasteiger partial charge in [0.05, 0.1) is 35.6 Å². The maximum Gasteiger partial charge on any atom is 0.335 e. The van der Waals surface area contributed by atoms with Crippen molar-refractivity contribution in [2.24, 2.45) is 5.73 Å². The highest BCUT2D eigenvalue weighted by Gasteiger charge is 2.39. The summed E-state index contributed by atoms with van der Waals surface area (Å²) in [6.45, 7) is 3.49. The molecule has 4 N–H and O–H groups in total. The molecule has 3 aromatic carbocycles. The Hall–Kier alpha value is -4.55. The van der Waals surface area contributed by atoms with E-state index in [2.05, 4.69) is 22.2 Å². The SMILES string of the molecule is CN1CCN(CC(=O)N(C)c2ccc(NC(=C3C(=O)N(C(=O)CN)c4cc(C(=O)O)ccc43)c3ccccc3)cc2)CC1.Cl. The number of nitrogens with one attached hydrogen (secondary N) is 1. The van der Waals surface area contributed by atoms with Crippen molar-refractivity contribution < 1.29 is 24.3 Å². The van der Waals surface area contributed by atoms with Crippen molar-refractivity contribution in [3.63, 3.8) is 0 Å². The lowest BCUT2D eigenvalue weighted by Gasteiger charge is -2.32. The van der Waals surface area contributed by atoms with E-state index in [1.54, 1.807) is 11.9 Å². The number of nitrogens with two attached hydrogens (primary N) is 1. The number of carboxylic acids is 1. The Morgan fingerprint density at radius 2 is 1.59 bits per heavy atom. The molecule has 12 heteroatoms. The van der Waals surface area contributed by atoms with Gasteiger partial charge in [-0.25, -0.2) is 9.69 Å². The highest BCUT2D eigenvalue weighted by molar-refractivity contribution is 6.44.